The van der Waals surface area contributed by atoms with Gasteiger partial charge in [0.1, 0.15) is 5.75 Å². The molecule has 4 nitrogen and oxygen atoms in total. The standard InChI is InChI=1S/C20H26N2O2/c1-15-8-9-18(16(2)14-15)22-20(23)11-13-21-12-10-17-6-4-5-7-19(17)24-3/h4-9,14,21H,10-13H2,1-3H3,(H,22,23). The topological polar surface area (TPSA) is 50.4 Å². The van der Waals surface area contributed by atoms with Crippen LogP contribution in [0.15, 0.2) is 42.5 Å². The molecule has 0 spiro atoms. The molecule has 2 aromatic rings. The maximum absolute atomic E-state index is 12.0. The van der Waals surface area contributed by atoms with Crippen molar-refractivity contribution in [1.29, 1.82) is 0 Å². The lowest BCUT2D eigenvalue weighted by Gasteiger charge is -2.10. The zero-order chi connectivity index (χ0) is 17.4. The van der Waals surface area contributed by atoms with Gasteiger partial charge in [-0.1, -0.05) is 35.9 Å². The van der Waals surface area contributed by atoms with E-state index < -0.39 is 0 Å². The van der Waals surface area contributed by atoms with E-state index in [0.717, 1.165) is 30.0 Å². The summed E-state index contributed by atoms with van der Waals surface area (Å²) in [6, 6.07) is 14.0. The summed E-state index contributed by atoms with van der Waals surface area (Å²) in [5, 5.41) is 6.27. The highest BCUT2D eigenvalue weighted by atomic mass is 16.5. The average Bonchev–Trinajstić information content (AvgIpc) is 2.57. The van der Waals surface area contributed by atoms with E-state index in [1.54, 1.807) is 7.11 Å². The summed E-state index contributed by atoms with van der Waals surface area (Å²) in [5.41, 5.74) is 4.35. The van der Waals surface area contributed by atoms with Gasteiger partial charge in [-0.05, 0) is 50.1 Å². The third-order valence-electron chi connectivity index (χ3n) is 3.95. The van der Waals surface area contributed by atoms with Gasteiger partial charge in [-0.3, -0.25) is 4.79 Å². The van der Waals surface area contributed by atoms with Crippen LogP contribution >= 0.6 is 0 Å². The van der Waals surface area contributed by atoms with Crippen LogP contribution in [0.3, 0.4) is 0 Å². The first kappa shape index (κ1) is 18.0. The lowest BCUT2D eigenvalue weighted by Crippen LogP contribution is -2.24. The van der Waals surface area contributed by atoms with Crippen LogP contribution in [0.25, 0.3) is 0 Å². The number of benzene rings is 2. The summed E-state index contributed by atoms with van der Waals surface area (Å²) >= 11 is 0. The van der Waals surface area contributed by atoms with Crippen molar-refractivity contribution < 1.29 is 9.53 Å². The monoisotopic (exact) mass is 326 g/mol. The van der Waals surface area contributed by atoms with Gasteiger partial charge in [-0.25, -0.2) is 0 Å². The van der Waals surface area contributed by atoms with Gasteiger partial charge < -0.3 is 15.4 Å². The lowest BCUT2D eigenvalue weighted by molar-refractivity contribution is -0.116. The molecule has 0 aromatic heterocycles. The Morgan fingerprint density at radius 2 is 1.88 bits per heavy atom. The molecule has 2 rings (SSSR count). The molecular formula is C20H26N2O2. The van der Waals surface area contributed by atoms with Crippen LogP contribution in [0.4, 0.5) is 5.69 Å². The van der Waals surface area contributed by atoms with Crippen LogP contribution in [0.2, 0.25) is 0 Å². The molecule has 0 aliphatic heterocycles. The molecule has 0 atom stereocenters. The molecule has 0 fully saturated rings. The van der Waals surface area contributed by atoms with Crippen molar-refractivity contribution in [3.63, 3.8) is 0 Å². The van der Waals surface area contributed by atoms with Crippen LogP contribution in [0, 0.1) is 13.8 Å². The fourth-order valence-corrected chi connectivity index (χ4v) is 2.63. The van der Waals surface area contributed by atoms with Crippen LogP contribution in [-0.4, -0.2) is 26.1 Å². The second-order valence-electron chi connectivity index (χ2n) is 5.93. The van der Waals surface area contributed by atoms with E-state index >= 15 is 0 Å². The van der Waals surface area contributed by atoms with Crippen molar-refractivity contribution in [2.75, 3.05) is 25.5 Å². The van der Waals surface area contributed by atoms with E-state index in [9.17, 15) is 4.79 Å². The van der Waals surface area contributed by atoms with Gasteiger partial charge in [-0.2, -0.15) is 0 Å². The number of hydrogen-bond acceptors (Lipinski definition) is 3. The van der Waals surface area contributed by atoms with Crippen LogP contribution in [0.5, 0.6) is 5.75 Å². The Hall–Kier alpha value is -2.33. The molecule has 128 valence electrons. The van der Waals surface area contributed by atoms with Crippen molar-refractivity contribution in [2.24, 2.45) is 0 Å². The van der Waals surface area contributed by atoms with Crippen molar-refractivity contribution >= 4 is 11.6 Å². The summed E-state index contributed by atoms with van der Waals surface area (Å²) in [6.07, 6.45) is 1.34. The zero-order valence-electron chi connectivity index (χ0n) is 14.7. The molecular weight excluding hydrogens is 300 g/mol. The van der Waals surface area contributed by atoms with E-state index in [2.05, 4.69) is 22.8 Å². The fourth-order valence-electron chi connectivity index (χ4n) is 2.63. The first-order valence-electron chi connectivity index (χ1n) is 8.30. The number of anilines is 1. The first-order valence-corrected chi connectivity index (χ1v) is 8.30. The molecule has 2 N–H and O–H groups in total. The van der Waals surface area contributed by atoms with E-state index in [1.165, 1.54) is 11.1 Å². The number of carbonyl (C=O) groups excluding carboxylic acids is 1. The largest absolute Gasteiger partial charge is 0.496 e. The average molecular weight is 326 g/mol. The normalized spacial score (nSPS) is 10.5. The number of amides is 1. The minimum atomic E-state index is 0.0340. The molecule has 0 saturated heterocycles. The lowest BCUT2D eigenvalue weighted by atomic mass is 10.1. The highest BCUT2D eigenvalue weighted by Crippen LogP contribution is 2.17. The number of rotatable bonds is 8. The van der Waals surface area contributed by atoms with E-state index in [4.69, 9.17) is 4.74 Å². The molecule has 0 bridgehead atoms. The highest BCUT2D eigenvalue weighted by Gasteiger charge is 2.05. The maximum atomic E-state index is 12.0. The van der Waals surface area contributed by atoms with Crippen molar-refractivity contribution in [3.8, 4) is 5.75 Å². The van der Waals surface area contributed by atoms with E-state index in [1.807, 2.05) is 44.2 Å². The second-order valence-corrected chi connectivity index (χ2v) is 5.93. The molecule has 4 heteroatoms. The van der Waals surface area contributed by atoms with Crippen LogP contribution in [0.1, 0.15) is 23.1 Å². The Bertz CT molecular complexity index is 683. The molecule has 0 radical (unpaired) electrons. The van der Waals surface area contributed by atoms with Crippen LogP contribution < -0.4 is 15.4 Å². The van der Waals surface area contributed by atoms with Gasteiger partial charge in [-0.15, -0.1) is 0 Å². The molecule has 1 amide bonds. The molecule has 0 unspecified atom stereocenters. The third kappa shape index (κ3) is 5.39. The summed E-state index contributed by atoms with van der Waals surface area (Å²) in [5.74, 6) is 0.943. The van der Waals surface area contributed by atoms with E-state index in [-0.39, 0.29) is 5.91 Å². The minimum Gasteiger partial charge on any atom is -0.496 e. The Balaban J connectivity index is 1.69. The minimum absolute atomic E-state index is 0.0340. The maximum Gasteiger partial charge on any atom is 0.225 e. The van der Waals surface area contributed by atoms with Crippen molar-refractivity contribution in [2.45, 2.75) is 26.7 Å². The predicted octanol–water partition coefficient (Wildman–Crippen LogP) is 3.47. The Morgan fingerprint density at radius 3 is 2.62 bits per heavy atom. The molecule has 0 saturated carbocycles. The summed E-state index contributed by atoms with van der Waals surface area (Å²) < 4.78 is 5.33. The van der Waals surface area contributed by atoms with Crippen molar-refractivity contribution in [3.05, 3.63) is 59.2 Å². The Morgan fingerprint density at radius 1 is 1.08 bits per heavy atom. The van der Waals surface area contributed by atoms with Gasteiger partial charge in [0.2, 0.25) is 5.91 Å². The Labute approximate surface area is 144 Å². The SMILES string of the molecule is COc1ccccc1CCNCCC(=O)Nc1ccc(C)cc1C. The zero-order valence-corrected chi connectivity index (χ0v) is 14.7. The second kappa shape index (κ2) is 9.08. The van der Waals surface area contributed by atoms with Crippen LogP contribution in [-0.2, 0) is 11.2 Å². The number of ether oxygens (including phenoxy) is 1. The predicted molar refractivity (Wildman–Crippen MR) is 98.7 cm³/mol. The number of aryl methyl sites for hydroxylation is 2. The molecule has 0 heterocycles. The van der Waals surface area contributed by atoms with Gasteiger partial charge in [0.15, 0.2) is 0 Å². The van der Waals surface area contributed by atoms with Crippen molar-refractivity contribution in [1.82, 2.24) is 5.32 Å². The van der Waals surface area contributed by atoms with Gasteiger partial charge in [0.05, 0.1) is 7.11 Å². The van der Waals surface area contributed by atoms with Gasteiger partial charge >= 0.3 is 0 Å². The van der Waals surface area contributed by atoms with Gasteiger partial charge in [0, 0.05) is 18.7 Å². The third-order valence-corrected chi connectivity index (χ3v) is 3.95. The summed E-state index contributed by atoms with van der Waals surface area (Å²) in [7, 11) is 1.68. The fraction of sp³-hybridized carbons (Fsp3) is 0.350. The first-order chi connectivity index (χ1) is 11.6. The number of carbonyl (C=O) groups is 1. The summed E-state index contributed by atoms with van der Waals surface area (Å²) in [4.78, 5) is 12.0. The summed E-state index contributed by atoms with van der Waals surface area (Å²) in [6.45, 7) is 5.53. The number of hydrogen-bond donors (Lipinski definition) is 2. The number of nitrogens with one attached hydrogen (secondary N) is 2. The Kier molecular flexibility index (Phi) is 6.82. The number of methoxy groups -OCH3 is 1. The highest BCUT2D eigenvalue weighted by molar-refractivity contribution is 5.91. The molecule has 24 heavy (non-hydrogen) atoms. The van der Waals surface area contributed by atoms with E-state index in [0.29, 0.717) is 13.0 Å². The molecule has 0 aliphatic carbocycles. The van der Waals surface area contributed by atoms with Gasteiger partial charge in [0.25, 0.3) is 0 Å². The smallest absolute Gasteiger partial charge is 0.225 e. The molecule has 0 aliphatic rings. The number of para-hydroxylation sites is 1. The quantitative estimate of drug-likeness (QED) is 0.730. The molecule has 2 aromatic carbocycles.